The number of alkyl halides is 1. The fraction of sp³-hybridized carbons (Fsp3) is 0.235. The highest BCUT2D eigenvalue weighted by Crippen LogP contribution is 2.27. The molecule has 0 aliphatic carbocycles. The van der Waals surface area contributed by atoms with Crippen LogP contribution in [0.3, 0.4) is 0 Å². The van der Waals surface area contributed by atoms with Crippen molar-refractivity contribution in [3.8, 4) is 0 Å². The Morgan fingerprint density at radius 3 is 2.25 bits per heavy atom. The molecule has 0 bridgehead atoms. The van der Waals surface area contributed by atoms with E-state index in [2.05, 4.69) is 19.2 Å². The van der Waals surface area contributed by atoms with Gasteiger partial charge in [0.25, 0.3) is 0 Å². The molecule has 104 valence electrons. The van der Waals surface area contributed by atoms with Crippen molar-refractivity contribution in [2.24, 2.45) is 0 Å². The van der Waals surface area contributed by atoms with Gasteiger partial charge < -0.3 is 5.32 Å². The van der Waals surface area contributed by atoms with Gasteiger partial charge in [-0.1, -0.05) is 62.4 Å². The molecule has 1 amide bonds. The van der Waals surface area contributed by atoms with Crippen molar-refractivity contribution in [1.29, 1.82) is 0 Å². The number of halogens is 1. The molecule has 3 heteroatoms. The largest absolute Gasteiger partial charge is 0.324 e. The Bertz CT molecular complexity index is 581. The van der Waals surface area contributed by atoms with Crippen LogP contribution in [0.25, 0.3) is 0 Å². The van der Waals surface area contributed by atoms with Gasteiger partial charge in [-0.05, 0) is 23.1 Å². The Hall–Kier alpha value is -1.80. The number of para-hydroxylation sites is 1. The summed E-state index contributed by atoms with van der Waals surface area (Å²) >= 11 is 6.23. The first-order valence-electron chi connectivity index (χ1n) is 6.68. The SMILES string of the molecule is CC(C)c1ccccc1NC(=O)C(Cl)c1ccccc1. The van der Waals surface area contributed by atoms with E-state index in [0.717, 1.165) is 16.8 Å². The molecule has 0 saturated carbocycles. The number of carbonyl (C=O) groups is 1. The van der Waals surface area contributed by atoms with Gasteiger partial charge >= 0.3 is 0 Å². The Kier molecular flexibility index (Phi) is 4.80. The molecular weight excluding hydrogens is 270 g/mol. The lowest BCUT2D eigenvalue weighted by Crippen LogP contribution is -2.18. The molecule has 0 aliphatic heterocycles. The molecule has 2 rings (SSSR count). The quantitative estimate of drug-likeness (QED) is 0.809. The van der Waals surface area contributed by atoms with Crippen LogP contribution in [0.2, 0.25) is 0 Å². The van der Waals surface area contributed by atoms with Crippen molar-refractivity contribution in [2.45, 2.75) is 25.1 Å². The van der Waals surface area contributed by atoms with Crippen molar-refractivity contribution in [1.82, 2.24) is 0 Å². The molecule has 2 aromatic carbocycles. The fourth-order valence-corrected chi connectivity index (χ4v) is 2.28. The maximum absolute atomic E-state index is 12.2. The van der Waals surface area contributed by atoms with Gasteiger partial charge in [0.05, 0.1) is 0 Å². The van der Waals surface area contributed by atoms with E-state index in [-0.39, 0.29) is 5.91 Å². The van der Waals surface area contributed by atoms with E-state index in [4.69, 9.17) is 11.6 Å². The van der Waals surface area contributed by atoms with Gasteiger partial charge in [-0.3, -0.25) is 4.79 Å². The molecule has 20 heavy (non-hydrogen) atoms. The molecule has 0 saturated heterocycles. The van der Waals surface area contributed by atoms with Gasteiger partial charge in [0, 0.05) is 5.69 Å². The van der Waals surface area contributed by atoms with Crippen molar-refractivity contribution < 1.29 is 4.79 Å². The minimum atomic E-state index is -0.684. The Morgan fingerprint density at radius 1 is 1.00 bits per heavy atom. The predicted octanol–water partition coefficient (Wildman–Crippen LogP) is 4.73. The molecule has 0 radical (unpaired) electrons. The molecule has 2 nitrogen and oxygen atoms in total. The topological polar surface area (TPSA) is 29.1 Å². The summed E-state index contributed by atoms with van der Waals surface area (Å²) in [7, 11) is 0. The maximum Gasteiger partial charge on any atom is 0.246 e. The number of nitrogens with one attached hydrogen (secondary N) is 1. The zero-order valence-corrected chi connectivity index (χ0v) is 12.4. The molecule has 1 N–H and O–H groups in total. The standard InChI is InChI=1S/C17H18ClNO/c1-12(2)14-10-6-7-11-15(14)19-17(20)16(18)13-8-4-3-5-9-13/h3-12,16H,1-2H3,(H,19,20). The van der Waals surface area contributed by atoms with E-state index in [9.17, 15) is 4.79 Å². The van der Waals surface area contributed by atoms with Crippen LogP contribution in [0.1, 0.15) is 36.3 Å². The van der Waals surface area contributed by atoms with E-state index in [0.29, 0.717) is 5.92 Å². The summed E-state index contributed by atoms with van der Waals surface area (Å²) in [6, 6.07) is 17.2. The normalized spacial score (nSPS) is 12.2. The third-order valence-corrected chi connectivity index (χ3v) is 3.61. The minimum absolute atomic E-state index is 0.203. The number of anilines is 1. The van der Waals surface area contributed by atoms with Crippen LogP contribution in [0.5, 0.6) is 0 Å². The third kappa shape index (κ3) is 3.40. The lowest BCUT2D eigenvalue weighted by molar-refractivity contribution is -0.116. The van der Waals surface area contributed by atoms with Crippen molar-refractivity contribution in [3.63, 3.8) is 0 Å². The van der Waals surface area contributed by atoms with E-state index in [1.54, 1.807) is 0 Å². The van der Waals surface area contributed by atoms with E-state index >= 15 is 0 Å². The van der Waals surface area contributed by atoms with E-state index in [1.807, 2.05) is 54.6 Å². The summed E-state index contributed by atoms with van der Waals surface area (Å²) in [5.74, 6) is 0.142. The second-order valence-electron chi connectivity index (χ2n) is 5.00. The van der Waals surface area contributed by atoms with Crippen molar-refractivity contribution in [3.05, 3.63) is 65.7 Å². The van der Waals surface area contributed by atoms with Crippen LogP contribution in [0.15, 0.2) is 54.6 Å². The molecule has 0 aliphatic rings. The lowest BCUT2D eigenvalue weighted by Gasteiger charge is -2.15. The third-order valence-electron chi connectivity index (χ3n) is 3.16. The van der Waals surface area contributed by atoms with E-state index < -0.39 is 5.38 Å². The van der Waals surface area contributed by atoms with Gasteiger partial charge in [-0.15, -0.1) is 11.6 Å². The van der Waals surface area contributed by atoms with Crippen LogP contribution in [0, 0.1) is 0 Å². The second kappa shape index (κ2) is 6.58. The van der Waals surface area contributed by atoms with Crippen LogP contribution >= 0.6 is 11.6 Å². The lowest BCUT2D eigenvalue weighted by atomic mass is 10.0. The molecule has 1 unspecified atom stereocenters. The second-order valence-corrected chi connectivity index (χ2v) is 5.44. The van der Waals surface area contributed by atoms with Gasteiger partial charge in [-0.25, -0.2) is 0 Å². The number of carbonyl (C=O) groups excluding carboxylic acids is 1. The average Bonchev–Trinajstić information content (AvgIpc) is 2.47. The summed E-state index contributed by atoms with van der Waals surface area (Å²) in [6.45, 7) is 4.20. The number of rotatable bonds is 4. The van der Waals surface area contributed by atoms with E-state index in [1.165, 1.54) is 0 Å². The zero-order valence-electron chi connectivity index (χ0n) is 11.6. The van der Waals surface area contributed by atoms with Crippen LogP contribution in [-0.4, -0.2) is 5.91 Å². The summed E-state index contributed by atoms with van der Waals surface area (Å²) < 4.78 is 0. The minimum Gasteiger partial charge on any atom is -0.324 e. The molecule has 0 aromatic heterocycles. The Labute approximate surface area is 124 Å². The highest BCUT2D eigenvalue weighted by atomic mass is 35.5. The highest BCUT2D eigenvalue weighted by molar-refractivity contribution is 6.32. The maximum atomic E-state index is 12.2. The van der Waals surface area contributed by atoms with Crippen molar-refractivity contribution in [2.75, 3.05) is 5.32 Å². The fourth-order valence-electron chi connectivity index (χ4n) is 2.08. The predicted molar refractivity (Wildman–Crippen MR) is 84.2 cm³/mol. The van der Waals surface area contributed by atoms with Gasteiger partial charge in [0.2, 0.25) is 5.91 Å². The van der Waals surface area contributed by atoms with Crippen molar-refractivity contribution >= 4 is 23.2 Å². The molecular formula is C17H18ClNO. The first-order chi connectivity index (χ1) is 9.59. The highest BCUT2D eigenvalue weighted by Gasteiger charge is 2.18. The molecule has 2 aromatic rings. The zero-order chi connectivity index (χ0) is 14.5. The van der Waals surface area contributed by atoms with Crippen LogP contribution < -0.4 is 5.32 Å². The summed E-state index contributed by atoms with van der Waals surface area (Å²) in [4.78, 5) is 12.2. The smallest absolute Gasteiger partial charge is 0.246 e. The first kappa shape index (κ1) is 14.6. The number of benzene rings is 2. The number of hydrogen-bond donors (Lipinski definition) is 1. The molecule has 1 atom stereocenters. The Morgan fingerprint density at radius 2 is 1.60 bits per heavy atom. The number of amides is 1. The summed E-state index contributed by atoms with van der Waals surface area (Å²) in [6.07, 6.45) is 0. The monoisotopic (exact) mass is 287 g/mol. The summed E-state index contributed by atoms with van der Waals surface area (Å²) in [5, 5.41) is 2.24. The van der Waals surface area contributed by atoms with Gasteiger partial charge in [0.1, 0.15) is 5.38 Å². The first-order valence-corrected chi connectivity index (χ1v) is 7.12. The van der Waals surface area contributed by atoms with Crippen LogP contribution in [0.4, 0.5) is 5.69 Å². The summed E-state index contributed by atoms with van der Waals surface area (Å²) in [5.41, 5.74) is 2.74. The van der Waals surface area contributed by atoms with Crippen LogP contribution in [-0.2, 0) is 4.79 Å². The molecule has 0 fully saturated rings. The average molecular weight is 288 g/mol. The van der Waals surface area contributed by atoms with Gasteiger partial charge in [-0.2, -0.15) is 0 Å². The van der Waals surface area contributed by atoms with Gasteiger partial charge in [0.15, 0.2) is 0 Å². The number of hydrogen-bond acceptors (Lipinski definition) is 1. The Balaban J connectivity index is 2.16. The molecule has 0 spiro atoms. The molecule has 0 heterocycles.